The highest BCUT2D eigenvalue weighted by atomic mass is 16.3. The smallest absolute Gasteiger partial charge is 0.165 e. The van der Waals surface area contributed by atoms with Crippen molar-refractivity contribution in [3.63, 3.8) is 0 Å². The molecular formula is C25H36N2O2. The van der Waals surface area contributed by atoms with E-state index in [4.69, 9.17) is 0 Å². The van der Waals surface area contributed by atoms with Gasteiger partial charge in [-0.3, -0.25) is 9.48 Å². The monoisotopic (exact) mass is 396 g/mol. The fourth-order valence-electron chi connectivity index (χ4n) is 7.98. The van der Waals surface area contributed by atoms with Crippen molar-refractivity contribution in [1.82, 2.24) is 9.78 Å². The minimum Gasteiger partial charge on any atom is -0.393 e. The van der Waals surface area contributed by atoms with Crippen molar-refractivity contribution in [1.29, 1.82) is 0 Å². The van der Waals surface area contributed by atoms with Crippen LogP contribution < -0.4 is 0 Å². The molecule has 0 amide bonds. The summed E-state index contributed by atoms with van der Waals surface area (Å²) in [5.74, 6) is 2.94. The first-order valence-corrected chi connectivity index (χ1v) is 11.7. The molecule has 1 aromatic heterocycles. The zero-order valence-electron chi connectivity index (χ0n) is 18.4. The van der Waals surface area contributed by atoms with Crippen LogP contribution in [0.5, 0.6) is 0 Å². The first-order valence-electron chi connectivity index (χ1n) is 11.7. The van der Waals surface area contributed by atoms with Gasteiger partial charge in [0.1, 0.15) is 0 Å². The van der Waals surface area contributed by atoms with Gasteiger partial charge in [-0.15, -0.1) is 0 Å². The van der Waals surface area contributed by atoms with Gasteiger partial charge in [0.2, 0.25) is 0 Å². The minimum atomic E-state index is -0.180. The van der Waals surface area contributed by atoms with E-state index in [1.807, 2.05) is 24.9 Å². The van der Waals surface area contributed by atoms with Gasteiger partial charge in [-0.2, -0.15) is 5.10 Å². The number of fused-ring (bicyclic) bond motifs is 5. The minimum absolute atomic E-state index is 0.0937. The molecule has 29 heavy (non-hydrogen) atoms. The van der Waals surface area contributed by atoms with Crippen molar-refractivity contribution in [3.05, 3.63) is 23.0 Å². The third kappa shape index (κ3) is 2.81. The van der Waals surface area contributed by atoms with Crippen LogP contribution in [-0.4, -0.2) is 26.8 Å². The zero-order chi connectivity index (χ0) is 20.6. The number of ketones is 1. The summed E-state index contributed by atoms with van der Waals surface area (Å²) in [5, 5.41) is 14.7. The third-order valence-electron chi connectivity index (χ3n) is 9.66. The molecule has 0 unspecified atom stereocenters. The molecule has 1 aromatic rings. The van der Waals surface area contributed by atoms with E-state index in [2.05, 4.69) is 25.0 Å². The van der Waals surface area contributed by atoms with Crippen LogP contribution in [0, 0.1) is 41.4 Å². The highest BCUT2D eigenvalue weighted by molar-refractivity contribution is 6.06. The molecule has 0 radical (unpaired) electrons. The van der Waals surface area contributed by atoms with Gasteiger partial charge in [0.15, 0.2) is 5.78 Å². The average Bonchev–Trinajstić information content (AvgIpc) is 3.12. The van der Waals surface area contributed by atoms with Gasteiger partial charge in [-0.05, 0) is 99.0 Å². The maximum atomic E-state index is 13.5. The highest BCUT2D eigenvalue weighted by Crippen LogP contribution is 2.66. The van der Waals surface area contributed by atoms with E-state index in [1.54, 1.807) is 0 Å². The molecule has 1 N–H and O–H groups in total. The Morgan fingerprint density at radius 2 is 1.97 bits per heavy atom. The molecule has 4 nitrogen and oxygen atoms in total. The number of aromatic nitrogens is 2. The second kappa shape index (κ2) is 6.54. The lowest BCUT2D eigenvalue weighted by Crippen LogP contribution is -2.54. The predicted octanol–water partition coefficient (Wildman–Crippen LogP) is 4.69. The number of nitrogens with zero attached hydrogens (tertiary/aromatic N) is 2. The summed E-state index contributed by atoms with van der Waals surface area (Å²) in [6.07, 6.45) is 12.8. The Labute approximate surface area is 174 Å². The largest absolute Gasteiger partial charge is 0.393 e. The first-order chi connectivity index (χ1) is 13.7. The van der Waals surface area contributed by atoms with Crippen molar-refractivity contribution >= 4 is 11.9 Å². The number of allylic oxidation sites excluding steroid dienone is 1. The Bertz CT molecular complexity index is 870. The van der Waals surface area contributed by atoms with Crippen LogP contribution in [-0.2, 0) is 11.8 Å². The highest BCUT2D eigenvalue weighted by Gasteiger charge is 2.61. The van der Waals surface area contributed by atoms with Crippen LogP contribution in [0.1, 0.15) is 76.5 Å². The molecule has 5 rings (SSSR count). The molecule has 0 spiro atoms. The summed E-state index contributed by atoms with van der Waals surface area (Å²) in [4.78, 5) is 13.5. The van der Waals surface area contributed by atoms with Gasteiger partial charge in [-0.25, -0.2) is 0 Å². The molecule has 1 heterocycles. The van der Waals surface area contributed by atoms with E-state index >= 15 is 0 Å². The van der Waals surface area contributed by atoms with Crippen LogP contribution in [0.4, 0.5) is 0 Å². The standard InChI is InChI=1S/C25H36N2O2/c1-15-17(14-27(4)26-15)11-16-12-22-20-6-5-18-13-19(28)7-9-24(18,2)21(20)8-10-25(22,3)23(16)29/h11,14,18-22,28H,5-10,12-13H2,1-4H3/b16-11-/t18-,19+,20-,21+,22+,24-,25-/m0/s1. The molecule has 0 aromatic carbocycles. The number of carbonyl (C=O) groups is 1. The van der Waals surface area contributed by atoms with Gasteiger partial charge >= 0.3 is 0 Å². The normalized spacial score (nSPS) is 45.8. The number of aryl methyl sites for hydroxylation is 2. The summed E-state index contributed by atoms with van der Waals surface area (Å²) < 4.78 is 1.84. The van der Waals surface area contributed by atoms with Gasteiger partial charge in [0, 0.05) is 24.2 Å². The SMILES string of the molecule is Cc1nn(C)cc1/C=C1/C[C@@H]2[C@H]3CC[C@H]4C[C@H](O)CC[C@]4(C)[C@@H]3CC[C@]2(C)C1=O. The molecule has 4 fully saturated rings. The van der Waals surface area contributed by atoms with Crippen molar-refractivity contribution < 1.29 is 9.90 Å². The summed E-state index contributed by atoms with van der Waals surface area (Å²) in [6.45, 7) is 6.79. The number of hydrogen-bond acceptors (Lipinski definition) is 3. The van der Waals surface area contributed by atoms with Crippen LogP contribution in [0.2, 0.25) is 0 Å². The van der Waals surface area contributed by atoms with Gasteiger partial charge in [-0.1, -0.05) is 13.8 Å². The summed E-state index contributed by atoms with van der Waals surface area (Å²) >= 11 is 0. The molecule has 7 atom stereocenters. The second-order valence-electron chi connectivity index (χ2n) is 11.1. The fraction of sp³-hybridized carbons (Fsp3) is 0.760. The van der Waals surface area contributed by atoms with E-state index in [1.165, 1.54) is 19.3 Å². The number of aliphatic hydroxyl groups is 1. The van der Waals surface area contributed by atoms with Crippen molar-refractivity contribution in [2.24, 2.45) is 41.5 Å². The van der Waals surface area contributed by atoms with E-state index in [0.29, 0.717) is 29.0 Å². The second-order valence-corrected chi connectivity index (χ2v) is 11.1. The zero-order valence-corrected chi connectivity index (χ0v) is 18.4. The molecular weight excluding hydrogens is 360 g/mol. The van der Waals surface area contributed by atoms with Gasteiger partial charge < -0.3 is 5.11 Å². The van der Waals surface area contributed by atoms with Crippen molar-refractivity contribution in [2.45, 2.75) is 78.2 Å². The van der Waals surface area contributed by atoms with Crippen molar-refractivity contribution in [3.8, 4) is 0 Å². The number of rotatable bonds is 1. The maximum Gasteiger partial charge on any atom is 0.165 e. The van der Waals surface area contributed by atoms with Gasteiger partial charge in [0.05, 0.1) is 11.8 Å². The number of hydrogen-bond donors (Lipinski definition) is 1. The Hall–Kier alpha value is -1.42. The summed E-state index contributed by atoms with van der Waals surface area (Å²) in [5.41, 5.74) is 3.30. The average molecular weight is 397 g/mol. The molecule has 4 heteroatoms. The fourth-order valence-corrected chi connectivity index (χ4v) is 7.98. The first kappa shape index (κ1) is 19.5. The Kier molecular flexibility index (Phi) is 4.40. The van der Waals surface area contributed by atoms with Crippen LogP contribution in [0.25, 0.3) is 6.08 Å². The quantitative estimate of drug-likeness (QED) is 0.701. The molecule has 4 aliphatic carbocycles. The number of aliphatic hydroxyl groups excluding tert-OH is 1. The molecule has 4 aliphatic rings. The Balaban J connectivity index is 1.46. The summed E-state index contributed by atoms with van der Waals surface area (Å²) in [7, 11) is 1.94. The molecule has 0 aliphatic heterocycles. The molecule has 0 saturated heterocycles. The molecule has 158 valence electrons. The summed E-state index contributed by atoms with van der Waals surface area (Å²) in [6, 6.07) is 0. The van der Waals surface area contributed by atoms with E-state index in [-0.39, 0.29) is 11.5 Å². The molecule has 0 bridgehead atoms. The maximum absolute atomic E-state index is 13.5. The third-order valence-corrected chi connectivity index (χ3v) is 9.66. The lowest BCUT2D eigenvalue weighted by molar-refractivity contribution is -0.141. The van der Waals surface area contributed by atoms with Crippen molar-refractivity contribution in [2.75, 3.05) is 0 Å². The van der Waals surface area contributed by atoms with Crippen LogP contribution >= 0.6 is 0 Å². The number of carbonyl (C=O) groups excluding carboxylic acids is 1. The van der Waals surface area contributed by atoms with E-state index < -0.39 is 0 Å². The Morgan fingerprint density at radius 3 is 2.69 bits per heavy atom. The predicted molar refractivity (Wildman–Crippen MR) is 114 cm³/mol. The van der Waals surface area contributed by atoms with E-state index in [9.17, 15) is 9.90 Å². The lowest BCUT2D eigenvalue weighted by Gasteiger charge is -2.59. The topological polar surface area (TPSA) is 55.1 Å². The van der Waals surface area contributed by atoms with Crippen LogP contribution in [0.3, 0.4) is 0 Å². The molecule has 4 saturated carbocycles. The van der Waals surface area contributed by atoms with Crippen LogP contribution in [0.15, 0.2) is 11.8 Å². The van der Waals surface area contributed by atoms with E-state index in [0.717, 1.165) is 54.9 Å². The lowest BCUT2D eigenvalue weighted by atomic mass is 9.45. The Morgan fingerprint density at radius 1 is 1.17 bits per heavy atom. The van der Waals surface area contributed by atoms with Gasteiger partial charge in [0.25, 0.3) is 0 Å². The number of Topliss-reactive ketones (excluding diaryl/α,β-unsaturated/α-hetero) is 1.